The van der Waals surface area contributed by atoms with Crippen LogP contribution in [0.1, 0.15) is 31.1 Å². The highest BCUT2D eigenvalue weighted by molar-refractivity contribution is 6.33. The minimum Gasteiger partial charge on any atom is -0.452 e. The number of benzene rings is 1. The van der Waals surface area contributed by atoms with E-state index in [1.54, 1.807) is 20.8 Å². The van der Waals surface area contributed by atoms with Gasteiger partial charge in [-0.3, -0.25) is 20.2 Å². The van der Waals surface area contributed by atoms with Gasteiger partial charge in [-0.05, 0) is 26.8 Å². The van der Waals surface area contributed by atoms with Crippen molar-refractivity contribution in [2.45, 2.75) is 26.3 Å². The molecule has 0 radical (unpaired) electrons. The number of imide groups is 1. The van der Waals surface area contributed by atoms with Gasteiger partial charge < -0.3 is 10.1 Å². The second kappa shape index (κ2) is 7.73. The second-order valence-electron chi connectivity index (χ2n) is 5.75. The molecule has 0 saturated carbocycles. The fraction of sp³-hybridized carbons (Fsp3) is 0.357. The number of non-ortho nitro benzene ring substituents is 1. The Balaban J connectivity index is 2.63. The van der Waals surface area contributed by atoms with Crippen LogP contribution in [-0.4, -0.2) is 35.0 Å². The first-order valence-corrected chi connectivity index (χ1v) is 7.10. The van der Waals surface area contributed by atoms with E-state index in [-0.39, 0.29) is 16.3 Å². The summed E-state index contributed by atoms with van der Waals surface area (Å²) >= 11 is 5.78. The number of halogens is 1. The predicted octanol–water partition coefficient (Wildman–Crippen LogP) is 2.03. The fourth-order valence-corrected chi connectivity index (χ4v) is 1.72. The van der Waals surface area contributed by atoms with Crippen molar-refractivity contribution in [2.75, 3.05) is 6.61 Å². The van der Waals surface area contributed by atoms with Gasteiger partial charge in [0.25, 0.3) is 11.6 Å². The molecule has 0 heterocycles. The molecule has 0 aromatic heterocycles. The first kappa shape index (κ1) is 19.4. The normalized spacial score (nSPS) is 10.7. The highest BCUT2D eigenvalue weighted by atomic mass is 35.5. The number of carbonyl (C=O) groups excluding carboxylic acids is 3. The van der Waals surface area contributed by atoms with Crippen molar-refractivity contribution >= 4 is 35.2 Å². The van der Waals surface area contributed by atoms with Gasteiger partial charge >= 0.3 is 12.0 Å². The quantitative estimate of drug-likeness (QED) is 0.482. The number of hydrogen-bond donors (Lipinski definition) is 2. The zero-order valence-corrected chi connectivity index (χ0v) is 14.0. The number of amides is 3. The number of urea groups is 1. The van der Waals surface area contributed by atoms with Gasteiger partial charge in [0.1, 0.15) is 0 Å². The van der Waals surface area contributed by atoms with E-state index in [1.165, 1.54) is 6.07 Å². The highest BCUT2D eigenvalue weighted by Crippen LogP contribution is 2.22. The van der Waals surface area contributed by atoms with Crippen molar-refractivity contribution < 1.29 is 24.0 Å². The second-order valence-corrected chi connectivity index (χ2v) is 6.16. The zero-order valence-electron chi connectivity index (χ0n) is 13.2. The Kier molecular flexibility index (Phi) is 6.24. The molecule has 9 nitrogen and oxygen atoms in total. The number of nitrogens with zero attached hydrogens (tertiary/aromatic N) is 1. The van der Waals surface area contributed by atoms with Gasteiger partial charge in [-0.15, -0.1) is 0 Å². The molecule has 0 atom stereocenters. The van der Waals surface area contributed by atoms with Crippen molar-refractivity contribution in [1.29, 1.82) is 0 Å². The Morgan fingerprint density at radius 3 is 2.46 bits per heavy atom. The Bertz CT molecular complexity index is 684. The van der Waals surface area contributed by atoms with E-state index in [0.717, 1.165) is 12.1 Å². The van der Waals surface area contributed by atoms with Crippen LogP contribution in [0.3, 0.4) is 0 Å². The average Bonchev–Trinajstić information content (AvgIpc) is 2.42. The number of nitrogens with one attached hydrogen (secondary N) is 2. The molecule has 0 aliphatic carbocycles. The third-order valence-corrected chi connectivity index (χ3v) is 2.79. The van der Waals surface area contributed by atoms with Crippen LogP contribution < -0.4 is 10.6 Å². The summed E-state index contributed by atoms with van der Waals surface area (Å²) in [7, 11) is 0. The minimum absolute atomic E-state index is 0.0588. The SMILES string of the molecule is CC(C)(C)NC(=O)NC(=O)COC(=O)c1cc([N+](=O)[O-])ccc1Cl. The van der Waals surface area contributed by atoms with Crippen molar-refractivity contribution in [3.63, 3.8) is 0 Å². The molecule has 0 bridgehead atoms. The van der Waals surface area contributed by atoms with Crippen molar-refractivity contribution in [2.24, 2.45) is 0 Å². The molecule has 0 fully saturated rings. The van der Waals surface area contributed by atoms with Crippen LogP contribution in [0.25, 0.3) is 0 Å². The molecule has 10 heteroatoms. The van der Waals surface area contributed by atoms with Gasteiger partial charge in [-0.1, -0.05) is 11.6 Å². The van der Waals surface area contributed by atoms with E-state index < -0.39 is 35.0 Å². The third kappa shape index (κ3) is 6.21. The summed E-state index contributed by atoms with van der Waals surface area (Å²) in [6.45, 7) is 4.43. The molecule has 0 aliphatic rings. The van der Waals surface area contributed by atoms with Crippen LogP contribution in [0, 0.1) is 10.1 Å². The van der Waals surface area contributed by atoms with Crippen LogP contribution in [0.15, 0.2) is 18.2 Å². The largest absolute Gasteiger partial charge is 0.452 e. The molecule has 0 spiro atoms. The summed E-state index contributed by atoms with van der Waals surface area (Å²) in [6, 6.07) is 2.50. The lowest BCUT2D eigenvalue weighted by atomic mass is 10.1. The summed E-state index contributed by atoms with van der Waals surface area (Å²) < 4.78 is 4.70. The predicted molar refractivity (Wildman–Crippen MR) is 84.8 cm³/mol. The first-order chi connectivity index (χ1) is 11.0. The standard InChI is InChI=1S/C14H16ClN3O6/c1-14(2,3)17-13(21)16-11(19)7-24-12(20)9-6-8(18(22)23)4-5-10(9)15/h4-6H,7H2,1-3H3,(H2,16,17,19,21). The fourth-order valence-electron chi connectivity index (χ4n) is 1.53. The molecule has 3 amide bonds. The third-order valence-electron chi connectivity index (χ3n) is 2.46. The molecule has 2 N–H and O–H groups in total. The van der Waals surface area contributed by atoms with Gasteiger partial charge in [0.15, 0.2) is 6.61 Å². The van der Waals surface area contributed by atoms with Crippen LogP contribution in [0.4, 0.5) is 10.5 Å². The summed E-state index contributed by atoms with van der Waals surface area (Å²) in [5.74, 6) is -1.87. The number of nitro benzene ring substituents is 1. The lowest BCUT2D eigenvalue weighted by Gasteiger charge is -2.20. The highest BCUT2D eigenvalue weighted by Gasteiger charge is 2.20. The molecular formula is C14H16ClN3O6. The summed E-state index contributed by atoms with van der Waals surface area (Å²) in [5, 5.41) is 15.1. The Morgan fingerprint density at radius 1 is 1.29 bits per heavy atom. The minimum atomic E-state index is -1.02. The maximum atomic E-state index is 11.8. The maximum Gasteiger partial charge on any atom is 0.340 e. The molecule has 1 aromatic rings. The summed E-state index contributed by atoms with van der Waals surface area (Å²) in [6.07, 6.45) is 0. The Hall–Kier alpha value is -2.68. The number of nitro groups is 1. The molecule has 0 saturated heterocycles. The van der Waals surface area contributed by atoms with E-state index in [0.29, 0.717) is 0 Å². The smallest absolute Gasteiger partial charge is 0.340 e. The molecule has 24 heavy (non-hydrogen) atoms. The van der Waals surface area contributed by atoms with Crippen molar-refractivity contribution in [1.82, 2.24) is 10.6 Å². The molecular weight excluding hydrogens is 342 g/mol. The average molecular weight is 358 g/mol. The van der Waals surface area contributed by atoms with Crippen LogP contribution in [0.2, 0.25) is 5.02 Å². The first-order valence-electron chi connectivity index (χ1n) is 6.72. The maximum absolute atomic E-state index is 11.8. The van der Waals surface area contributed by atoms with E-state index in [2.05, 4.69) is 5.32 Å². The Labute approximate surface area is 142 Å². The van der Waals surface area contributed by atoms with Gasteiger partial charge in [-0.2, -0.15) is 0 Å². The van der Waals surface area contributed by atoms with Gasteiger partial charge in [0.05, 0.1) is 15.5 Å². The molecule has 0 unspecified atom stereocenters. The van der Waals surface area contributed by atoms with Gasteiger partial charge in [-0.25, -0.2) is 9.59 Å². The zero-order chi connectivity index (χ0) is 18.5. The van der Waals surface area contributed by atoms with Crippen molar-refractivity contribution in [3.05, 3.63) is 38.9 Å². The van der Waals surface area contributed by atoms with E-state index in [9.17, 15) is 24.5 Å². The lowest BCUT2D eigenvalue weighted by molar-refractivity contribution is -0.384. The van der Waals surface area contributed by atoms with E-state index >= 15 is 0 Å². The lowest BCUT2D eigenvalue weighted by Crippen LogP contribution is -2.49. The number of hydrogen-bond acceptors (Lipinski definition) is 6. The summed E-state index contributed by atoms with van der Waals surface area (Å²) in [4.78, 5) is 44.9. The number of ether oxygens (including phenoxy) is 1. The monoisotopic (exact) mass is 357 g/mol. The molecule has 0 aliphatic heterocycles. The van der Waals surface area contributed by atoms with E-state index in [1.807, 2.05) is 5.32 Å². The topological polar surface area (TPSA) is 128 Å². The Morgan fingerprint density at radius 2 is 1.92 bits per heavy atom. The van der Waals surface area contributed by atoms with Crippen LogP contribution >= 0.6 is 11.6 Å². The number of carbonyl (C=O) groups is 3. The van der Waals surface area contributed by atoms with Crippen LogP contribution in [0.5, 0.6) is 0 Å². The van der Waals surface area contributed by atoms with Gasteiger partial charge in [0.2, 0.25) is 0 Å². The molecule has 1 aromatic carbocycles. The van der Waals surface area contributed by atoms with E-state index in [4.69, 9.17) is 16.3 Å². The van der Waals surface area contributed by atoms with Gasteiger partial charge in [0, 0.05) is 17.7 Å². The van der Waals surface area contributed by atoms with Crippen LogP contribution in [-0.2, 0) is 9.53 Å². The number of rotatable bonds is 4. The van der Waals surface area contributed by atoms with Crippen molar-refractivity contribution in [3.8, 4) is 0 Å². The molecule has 130 valence electrons. The number of esters is 1. The molecule has 1 rings (SSSR count). The summed E-state index contributed by atoms with van der Waals surface area (Å²) in [5.41, 5.74) is -1.14.